The number of aryl methyl sites for hydroxylation is 1. The molecule has 6 nitrogen and oxygen atoms in total. The summed E-state index contributed by atoms with van der Waals surface area (Å²) in [5.41, 5.74) is 3.01. The van der Waals surface area contributed by atoms with Gasteiger partial charge in [-0.25, -0.2) is 8.42 Å². The van der Waals surface area contributed by atoms with Crippen molar-refractivity contribution in [1.82, 2.24) is 9.21 Å². The second kappa shape index (κ2) is 8.53. The van der Waals surface area contributed by atoms with Gasteiger partial charge in [0, 0.05) is 50.2 Å². The van der Waals surface area contributed by atoms with Gasteiger partial charge in [-0.05, 0) is 37.3 Å². The van der Waals surface area contributed by atoms with Gasteiger partial charge in [0.05, 0.1) is 11.4 Å². The number of nitrogens with zero attached hydrogens (tertiary/aromatic N) is 3. The number of aliphatic hydroxyl groups is 1. The topological polar surface area (TPSA) is 64.1 Å². The minimum absolute atomic E-state index is 0.0357. The number of piperazine rings is 1. The van der Waals surface area contributed by atoms with Crippen molar-refractivity contribution in [2.24, 2.45) is 0 Å². The Bertz CT molecular complexity index is 1040. The lowest BCUT2D eigenvalue weighted by atomic mass is 10.1. The van der Waals surface area contributed by atoms with E-state index in [1.54, 1.807) is 36.5 Å². The fourth-order valence-corrected chi connectivity index (χ4v) is 5.03. The summed E-state index contributed by atoms with van der Waals surface area (Å²) in [6, 6.07) is 17.1. The first-order valence-corrected chi connectivity index (χ1v) is 11.6. The zero-order valence-electron chi connectivity index (χ0n) is 17.1. The molecule has 0 atom stereocenters. The molecule has 1 fully saturated rings. The van der Waals surface area contributed by atoms with Crippen LogP contribution in [0, 0.1) is 6.92 Å². The fourth-order valence-electron chi connectivity index (χ4n) is 3.77. The van der Waals surface area contributed by atoms with Gasteiger partial charge >= 0.3 is 0 Å². The largest absolute Gasteiger partial charge is 0.510 e. The van der Waals surface area contributed by atoms with Crippen LogP contribution in [0.3, 0.4) is 0 Å². The zero-order chi connectivity index (χ0) is 21.1. The number of para-hydroxylation sites is 1. The van der Waals surface area contributed by atoms with Gasteiger partial charge in [0.15, 0.2) is 0 Å². The fraction of sp³-hybridized carbons (Fsp3) is 0.304. The molecule has 4 rings (SSSR count). The van der Waals surface area contributed by atoms with Crippen molar-refractivity contribution in [3.63, 3.8) is 0 Å². The molecule has 1 N–H and O–H groups in total. The zero-order valence-corrected chi connectivity index (χ0v) is 17.9. The Morgan fingerprint density at radius 3 is 2.23 bits per heavy atom. The van der Waals surface area contributed by atoms with Crippen LogP contribution in [0.25, 0.3) is 0 Å². The van der Waals surface area contributed by atoms with Crippen LogP contribution in [0.4, 0.5) is 5.69 Å². The highest BCUT2D eigenvalue weighted by atomic mass is 32.2. The number of hydrogen-bond acceptors (Lipinski definition) is 5. The molecule has 2 aromatic carbocycles. The minimum atomic E-state index is -3.67. The lowest BCUT2D eigenvalue weighted by Gasteiger charge is -2.36. The maximum absolute atomic E-state index is 12.8. The monoisotopic (exact) mass is 425 g/mol. The van der Waals surface area contributed by atoms with E-state index in [9.17, 15) is 13.5 Å². The maximum atomic E-state index is 12.8. The molecule has 2 aromatic rings. The third kappa shape index (κ3) is 4.37. The first kappa shape index (κ1) is 20.5. The van der Waals surface area contributed by atoms with E-state index in [0.29, 0.717) is 6.54 Å². The van der Waals surface area contributed by atoms with E-state index in [2.05, 4.69) is 21.9 Å². The summed E-state index contributed by atoms with van der Waals surface area (Å²) in [7, 11) is -3.67. The van der Waals surface area contributed by atoms with Crippen LogP contribution in [0.1, 0.15) is 5.56 Å². The Morgan fingerprint density at radius 1 is 0.933 bits per heavy atom. The molecule has 30 heavy (non-hydrogen) atoms. The molecule has 2 heterocycles. The standard InChI is InChI=1S/C23H27N3O3S/c1-19-7-9-22(10-8-19)30(28,29)26-12-11-20(23(27)18-26)17-24-13-15-25(16-14-24)21-5-3-2-4-6-21/h2-12,27H,13-18H2,1H3. The molecule has 2 aliphatic heterocycles. The Kier molecular flexibility index (Phi) is 5.83. The molecular weight excluding hydrogens is 398 g/mol. The predicted octanol–water partition coefficient (Wildman–Crippen LogP) is 3.15. The molecule has 7 heteroatoms. The molecule has 2 aliphatic rings. The van der Waals surface area contributed by atoms with Gasteiger partial charge in [-0.3, -0.25) is 9.21 Å². The average molecular weight is 426 g/mol. The van der Waals surface area contributed by atoms with Crippen LogP contribution in [0.2, 0.25) is 0 Å². The molecule has 0 bridgehead atoms. The van der Waals surface area contributed by atoms with Crippen molar-refractivity contribution in [3.05, 3.63) is 83.8 Å². The molecule has 0 radical (unpaired) electrons. The molecule has 0 spiro atoms. The van der Waals surface area contributed by atoms with Crippen LogP contribution >= 0.6 is 0 Å². The SMILES string of the molecule is Cc1ccc(S(=O)(=O)N2C=CC(CN3CCN(c4ccccc4)CC3)=C(O)C2)cc1. The van der Waals surface area contributed by atoms with Crippen molar-refractivity contribution in [3.8, 4) is 0 Å². The molecule has 0 unspecified atom stereocenters. The van der Waals surface area contributed by atoms with Gasteiger partial charge in [0.1, 0.15) is 5.76 Å². The highest BCUT2D eigenvalue weighted by Crippen LogP contribution is 2.23. The lowest BCUT2D eigenvalue weighted by Crippen LogP contribution is -2.47. The van der Waals surface area contributed by atoms with E-state index in [0.717, 1.165) is 37.3 Å². The normalized spacial score (nSPS) is 18.2. The van der Waals surface area contributed by atoms with Crippen LogP contribution in [-0.2, 0) is 10.0 Å². The number of benzene rings is 2. The molecule has 0 saturated carbocycles. The molecule has 158 valence electrons. The van der Waals surface area contributed by atoms with E-state index in [4.69, 9.17) is 0 Å². The lowest BCUT2D eigenvalue weighted by molar-refractivity contribution is 0.270. The Labute approximate surface area is 178 Å². The van der Waals surface area contributed by atoms with E-state index in [-0.39, 0.29) is 17.2 Å². The highest BCUT2D eigenvalue weighted by molar-refractivity contribution is 7.89. The van der Waals surface area contributed by atoms with Crippen molar-refractivity contribution < 1.29 is 13.5 Å². The first-order valence-electron chi connectivity index (χ1n) is 10.1. The maximum Gasteiger partial charge on any atom is 0.264 e. The Morgan fingerprint density at radius 2 is 1.60 bits per heavy atom. The van der Waals surface area contributed by atoms with E-state index in [1.165, 1.54) is 9.99 Å². The predicted molar refractivity (Wildman–Crippen MR) is 119 cm³/mol. The van der Waals surface area contributed by atoms with E-state index < -0.39 is 10.0 Å². The third-order valence-electron chi connectivity index (χ3n) is 5.63. The Balaban J connectivity index is 1.37. The molecule has 0 amide bonds. The van der Waals surface area contributed by atoms with Crippen LogP contribution < -0.4 is 4.90 Å². The summed E-state index contributed by atoms with van der Waals surface area (Å²) >= 11 is 0. The number of sulfonamides is 1. The molecule has 1 saturated heterocycles. The van der Waals surface area contributed by atoms with Crippen LogP contribution in [-0.4, -0.2) is 62.0 Å². The summed E-state index contributed by atoms with van der Waals surface area (Å²) in [6.45, 7) is 6.13. The third-order valence-corrected chi connectivity index (χ3v) is 7.37. The molecular formula is C23H27N3O3S. The number of anilines is 1. The van der Waals surface area contributed by atoms with Crippen molar-refractivity contribution in [2.45, 2.75) is 11.8 Å². The van der Waals surface area contributed by atoms with Crippen molar-refractivity contribution >= 4 is 15.7 Å². The van der Waals surface area contributed by atoms with Gasteiger partial charge in [0.25, 0.3) is 10.0 Å². The van der Waals surface area contributed by atoms with Gasteiger partial charge in [0.2, 0.25) is 0 Å². The summed E-state index contributed by atoms with van der Waals surface area (Å²) in [6.07, 6.45) is 3.28. The highest BCUT2D eigenvalue weighted by Gasteiger charge is 2.27. The summed E-state index contributed by atoms with van der Waals surface area (Å²) in [5, 5.41) is 10.5. The first-order chi connectivity index (χ1) is 14.4. The number of rotatable bonds is 5. The Hall–Kier alpha value is -2.77. The summed E-state index contributed by atoms with van der Waals surface area (Å²) in [5.74, 6) is 0.110. The van der Waals surface area contributed by atoms with Crippen molar-refractivity contribution in [2.75, 3.05) is 44.2 Å². The van der Waals surface area contributed by atoms with E-state index in [1.807, 2.05) is 25.1 Å². The summed E-state index contributed by atoms with van der Waals surface area (Å²) < 4.78 is 26.9. The molecule has 0 aliphatic carbocycles. The second-order valence-corrected chi connectivity index (χ2v) is 9.64. The van der Waals surface area contributed by atoms with Gasteiger partial charge in [-0.2, -0.15) is 0 Å². The summed E-state index contributed by atoms with van der Waals surface area (Å²) in [4.78, 5) is 4.88. The van der Waals surface area contributed by atoms with E-state index >= 15 is 0 Å². The number of aliphatic hydroxyl groups excluding tert-OH is 1. The van der Waals surface area contributed by atoms with Gasteiger partial charge in [-0.15, -0.1) is 0 Å². The quantitative estimate of drug-likeness (QED) is 0.797. The van der Waals surface area contributed by atoms with Crippen LogP contribution in [0.15, 0.2) is 83.1 Å². The van der Waals surface area contributed by atoms with Crippen molar-refractivity contribution in [1.29, 1.82) is 0 Å². The van der Waals surface area contributed by atoms with Crippen LogP contribution in [0.5, 0.6) is 0 Å². The smallest absolute Gasteiger partial charge is 0.264 e. The number of hydrogen-bond donors (Lipinski definition) is 1. The molecule has 0 aromatic heterocycles. The second-order valence-electron chi connectivity index (χ2n) is 7.75. The van der Waals surface area contributed by atoms with Gasteiger partial charge < -0.3 is 10.0 Å². The van der Waals surface area contributed by atoms with Gasteiger partial charge in [-0.1, -0.05) is 35.9 Å². The minimum Gasteiger partial charge on any atom is -0.510 e. The average Bonchev–Trinajstić information content (AvgIpc) is 2.76.